The van der Waals surface area contributed by atoms with Crippen LogP contribution in [0.2, 0.25) is 0 Å². The van der Waals surface area contributed by atoms with Crippen molar-refractivity contribution in [3.63, 3.8) is 0 Å². The molecule has 2 rings (SSSR count). The Morgan fingerprint density at radius 1 is 1.40 bits per heavy atom. The maximum absolute atomic E-state index is 9.76. The summed E-state index contributed by atoms with van der Waals surface area (Å²) in [5.41, 5.74) is 1.12. The molecule has 4 nitrogen and oxygen atoms in total. The lowest BCUT2D eigenvalue weighted by atomic mass is 9.77. The molecule has 0 radical (unpaired) electrons. The standard InChI is InChI=1S/C16H29N3O/c1-13-5-7-16(12-20,8-6-13)17-9-14-10-18-19(11-14)15(2,3)4/h10-11,13,17,20H,5-9,12H2,1-4H3. The van der Waals surface area contributed by atoms with Crippen LogP contribution in [-0.2, 0) is 12.1 Å². The molecule has 4 heteroatoms. The highest BCUT2D eigenvalue weighted by molar-refractivity contribution is 5.06. The Morgan fingerprint density at radius 3 is 2.55 bits per heavy atom. The van der Waals surface area contributed by atoms with E-state index in [2.05, 4.69) is 44.3 Å². The molecule has 20 heavy (non-hydrogen) atoms. The Kier molecular flexibility index (Phi) is 4.55. The molecule has 1 saturated carbocycles. The zero-order chi connectivity index (χ0) is 14.8. The highest BCUT2D eigenvalue weighted by atomic mass is 16.3. The van der Waals surface area contributed by atoms with Crippen molar-refractivity contribution in [2.75, 3.05) is 6.61 Å². The van der Waals surface area contributed by atoms with Gasteiger partial charge in [-0.3, -0.25) is 4.68 Å². The third-order valence-electron chi connectivity index (χ3n) is 4.52. The summed E-state index contributed by atoms with van der Waals surface area (Å²) in [7, 11) is 0. The van der Waals surface area contributed by atoms with Gasteiger partial charge in [0.1, 0.15) is 0 Å². The van der Waals surface area contributed by atoms with Crippen molar-refractivity contribution in [2.24, 2.45) is 5.92 Å². The van der Waals surface area contributed by atoms with Gasteiger partial charge in [0.05, 0.1) is 18.3 Å². The van der Waals surface area contributed by atoms with Crippen LogP contribution in [0.4, 0.5) is 0 Å². The molecule has 0 amide bonds. The van der Waals surface area contributed by atoms with Crippen LogP contribution in [0.15, 0.2) is 12.4 Å². The van der Waals surface area contributed by atoms with Crippen molar-refractivity contribution in [1.29, 1.82) is 0 Å². The van der Waals surface area contributed by atoms with E-state index in [0.29, 0.717) is 0 Å². The molecule has 1 aliphatic carbocycles. The van der Waals surface area contributed by atoms with Gasteiger partial charge in [-0.2, -0.15) is 5.10 Å². The second-order valence-corrected chi connectivity index (χ2v) is 7.44. The minimum atomic E-state index is -0.0870. The maximum atomic E-state index is 9.76. The van der Waals surface area contributed by atoms with Crippen LogP contribution < -0.4 is 5.32 Å². The zero-order valence-electron chi connectivity index (χ0n) is 13.3. The molecule has 1 aliphatic rings. The first kappa shape index (κ1) is 15.5. The number of aromatic nitrogens is 2. The summed E-state index contributed by atoms with van der Waals surface area (Å²) >= 11 is 0. The highest BCUT2D eigenvalue weighted by Crippen LogP contribution is 2.31. The molecule has 0 aliphatic heterocycles. The first-order chi connectivity index (χ1) is 9.35. The van der Waals surface area contributed by atoms with Crippen molar-refractivity contribution >= 4 is 0 Å². The third-order valence-corrected chi connectivity index (χ3v) is 4.52. The molecule has 1 aromatic rings. The molecule has 114 valence electrons. The number of aliphatic hydroxyl groups is 1. The van der Waals surface area contributed by atoms with E-state index >= 15 is 0 Å². The van der Waals surface area contributed by atoms with Gasteiger partial charge in [0.25, 0.3) is 0 Å². The molecule has 0 unspecified atom stereocenters. The quantitative estimate of drug-likeness (QED) is 0.891. The smallest absolute Gasteiger partial charge is 0.0613 e. The van der Waals surface area contributed by atoms with Gasteiger partial charge in [0.2, 0.25) is 0 Å². The Hall–Kier alpha value is -0.870. The number of hydrogen-bond donors (Lipinski definition) is 2. The van der Waals surface area contributed by atoms with Gasteiger partial charge in [-0.15, -0.1) is 0 Å². The van der Waals surface area contributed by atoms with Crippen LogP contribution in [0.1, 0.15) is 58.9 Å². The Labute approximate surface area is 122 Å². The molecule has 0 bridgehead atoms. The first-order valence-electron chi connectivity index (χ1n) is 7.75. The summed E-state index contributed by atoms with van der Waals surface area (Å²) in [6, 6.07) is 0. The Balaban J connectivity index is 1.95. The van der Waals surface area contributed by atoms with Crippen LogP contribution in [0.5, 0.6) is 0 Å². The van der Waals surface area contributed by atoms with Gasteiger partial charge in [0, 0.05) is 23.8 Å². The minimum absolute atomic E-state index is 0.0210. The van der Waals surface area contributed by atoms with Crippen molar-refractivity contribution in [3.05, 3.63) is 18.0 Å². The number of aliphatic hydroxyl groups excluding tert-OH is 1. The van der Waals surface area contributed by atoms with Crippen molar-refractivity contribution in [1.82, 2.24) is 15.1 Å². The van der Waals surface area contributed by atoms with Crippen LogP contribution in [0.25, 0.3) is 0 Å². The Morgan fingerprint density at radius 2 is 2.05 bits per heavy atom. The normalized spacial score (nSPS) is 27.8. The second kappa shape index (κ2) is 5.86. The van der Waals surface area contributed by atoms with E-state index in [4.69, 9.17) is 0 Å². The number of rotatable bonds is 4. The van der Waals surface area contributed by atoms with E-state index < -0.39 is 0 Å². The maximum Gasteiger partial charge on any atom is 0.0613 e. The minimum Gasteiger partial charge on any atom is -0.394 e. The molecule has 0 spiro atoms. The molecule has 2 N–H and O–H groups in total. The van der Waals surface area contributed by atoms with Gasteiger partial charge in [-0.1, -0.05) is 6.92 Å². The monoisotopic (exact) mass is 279 g/mol. The van der Waals surface area contributed by atoms with E-state index in [1.807, 2.05) is 10.9 Å². The van der Waals surface area contributed by atoms with E-state index in [9.17, 15) is 5.11 Å². The number of nitrogens with one attached hydrogen (secondary N) is 1. The molecular weight excluding hydrogens is 250 g/mol. The molecular formula is C16H29N3O. The lowest BCUT2D eigenvalue weighted by Crippen LogP contribution is -2.50. The van der Waals surface area contributed by atoms with E-state index in [1.165, 1.54) is 18.4 Å². The predicted molar refractivity (Wildman–Crippen MR) is 81.5 cm³/mol. The van der Waals surface area contributed by atoms with Crippen LogP contribution in [0, 0.1) is 5.92 Å². The fraction of sp³-hybridized carbons (Fsp3) is 0.812. The predicted octanol–water partition coefficient (Wildman–Crippen LogP) is 2.67. The molecule has 0 aromatic carbocycles. The first-order valence-corrected chi connectivity index (χ1v) is 7.75. The van der Waals surface area contributed by atoms with Gasteiger partial charge < -0.3 is 10.4 Å². The highest BCUT2D eigenvalue weighted by Gasteiger charge is 2.33. The van der Waals surface area contributed by atoms with E-state index in [1.54, 1.807) is 0 Å². The van der Waals surface area contributed by atoms with Crippen molar-refractivity contribution in [2.45, 2.75) is 71.0 Å². The van der Waals surface area contributed by atoms with Gasteiger partial charge >= 0.3 is 0 Å². The van der Waals surface area contributed by atoms with E-state index in [0.717, 1.165) is 25.3 Å². The lowest BCUT2D eigenvalue weighted by Gasteiger charge is -2.39. The van der Waals surface area contributed by atoms with Gasteiger partial charge in [-0.25, -0.2) is 0 Å². The zero-order valence-corrected chi connectivity index (χ0v) is 13.3. The molecule has 0 saturated heterocycles. The fourth-order valence-electron chi connectivity index (χ4n) is 2.81. The summed E-state index contributed by atoms with van der Waals surface area (Å²) in [6.45, 7) is 9.76. The molecule has 0 atom stereocenters. The molecule has 1 fully saturated rings. The van der Waals surface area contributed by atoms with Crippen LogP contribution in [-0.4, -0.2) is 27.0 Å². The average Bonchev–Trinajstić information content (AvgIpc) is 2.88. The molecule has 1 aromatic heterocycles. The summed E-state index contributed by atoms with van der Waals surface area (Å²) in [6.07, 6.45) is 8.57. The number of nitrogens with zero attached hydrogens (tertiary/aromatic N) is 2. The van der Waals surface area contributed by atoms with Crippen LogP contribution >= 0.6 is 0 Å². The van der Waals surface area contributed by atoms with Crippen molar-refractivity contribution < 1.29 is 5.11 Å². The summed E-state index contributed by atoms with van der Waals surface area (Å²) in [5.74, 6) is 0.792. The third kappa shape index (κ3) is 3.61. The second-order valence-electron chi connectivity index (χ2n) is 7.44. The average molecular weight is 279 g/mol. The van der Waals surface area contributed by atoms with Crippen molar-refractivity contribution in [3.8, 4) is 0 Å². The lowest BCUT2D eigenvalue weighted by molar-refractivity contribution is 0.104. The fourth-order valence-corrected chi connectivity index (χ4v) is 2.81. The Bertz CT molecular complexity index is 425. The van der Waals surface area contributed by atoms with Gasteiger partial charge in [-0.05, 0) is 52.4 Å². The van der Waals surface area contributed by atoms with Crippen LogP contribution in [0.3, 0.4) is 0 Å². The summed E-state index contributed by atoms with van der Waals surface area (Å²) in [4.78, 5) is 0. The van der Waals surface area contributed by atoms with E-state index in [-0.39, 0.29) is 17.7 Å². The van der Waals surface area contributed by atoms with Gasteiger partial charge in [0.15, 0.2) is 0 Å². The number of hydrogen-bond acceptors (Lipinski definition) is 3. The largest absolute Gasteiger partial charge is 0.394 e. The molecule has 1 heterocycles. The SMILES string of the molecule is CC1CCC(CO)(NCc2cnn(C(C)(C)C)c2)CC1. The summed E-state index contributed by atoms with van der Waals surface area (Å²) in [5, 5.41) is 17.8. The summed E-state index contributed by atoms with van der Waals surface area (Å²) < 4.78 is 2.00. The topological polar surface area (TPSA) is 50.1 Å².